The third-order valence-corrected chi connectivity index (χ3v) is 6.95. The Labute approximate surface area is 187 Å². The van der Waals surface area contributed by atoms with Crippen molar-refractivity contribution in [2.24, 2.45) is 0 Å². The SMILES string of the molecule is Cc1ccc(S(=O)(=O)N2CCCCC2)cc1NC(=O)COC(=O)CN(C)c1ncccn1. The molecule has 0 unspecified atom stereocenters. The average Bonchev–Trinajstić information content (AvgIpc) is 2.80. The minimum absolute atomic E-state index is 0.125. The van der Waals surface area contributed by atoms with Gasteiger partial charge < -0.3 is 15.0 Å². The summed E-state index contributed by atoms with van der Waals surface area (Å²) in [5, 5.41) is 2.63. The van der Waals surface area contributed by atoms with Crippen LogP contribution in [0, 0.1) is 6.92 Å². The molecule has 1 aromatic heterocycles. The monoisotopic (exact) mass is 461 g/mol. The van der Waals surface area contributed by atoms with E-state index in [9.17, 15) is 18.0 Å². The summed E-state index contributed by atoms with van der Waals surface area (Å²) in [4.78, 5) is 34.0. The van der Waals surface area contributed by atoms with E-state index >= 15 is 0 Å². The Bertz CT molecular complexity index is 1060. The Morgan fingerprint density at radius 2 is 1.84 bits per heavy atom. The summed E-state index contributed by atoms with van der Waals surface area (Å²) in [5.41, 5.74) is 1.06. The third kappa shape index (κ3) is 6.01. The van der Waals surface area contributed by atoms with E-state index in [1.54, 1.807) is 38.5 Å². The van der Waals surface area contributed by atoms with E-state index in [1.807, 2.05) is 0 Å². The van der Waals surface area contributed by atoms with Crippen molar-refractivity contribution in [3.63, 3.8) is 0 Å². The van der Waals surface area contributed by atoms with Crippen LogP contribution in [0.1, 0.15) is 24.8 Å². The number of benzene rings is 1. The van der Waals surface area contributed by atoms with Gasteiger partial charge in [-0.1, -0.05) is 12.5 Å². The zero-order valence-electron chi connectivity index (χ0n) is 18.2. The summed E-state index contributed by atoms with van der Waals surface area (Å²) in [6, 6.07) is 6.29. The van der Waals surface area contributed by atoms with Gasteiger partial charge in [0.1, 0.15) is 6.54 Å². The highest BCUT2D eigenvalue weighted by atomic mass is 32.2. The number of sulfonamides is 1. The molecule has 10 nitrogen and oxygen atoms in total. The predicted molar refractivity (Wildman–Crippen MR) is 119 cm³/mol. The zero-order valence-corrected chi connectivity index (χ0v) is 19.0. The van der Waals surface area contributed by atoms with Gasteiger partial charge in [0, 0.05) is 38.2 Å². The summed E-state index contributed by atoms with van der Waals surface area (Å²) in [7, 11) is -1.99. The first-order valence-corrected chi connectivity index (χ1v) is 11.8. The Balaban J connectivity index is 1.57. The maximum absolute atomic E-state index is 12.9. The first-order chi connectivity index (χ1) is 15.3. The molecule has 0 bridgehead atoms. The average molecular weight is 462 g/mol. The Kier molecular flexibility index (Phi) is 7.75. The number of amides is 1. The maximum atomic E-state index is 12.9. The van der Waals surface area contributed by atoms with E-state index in [2.05, 4.69) is 15.3 Å². The van der Waals surface area contributed by atoms with Crippen molar-refractivity contribution < 1.29 is 22.7 Å². The van der Waals surface area contributed by atoms with Crippen molar-refractivity contribution in [1.82, 2.24) is 14.3 Å². The highest BCUT2D eigenvalue weighted by Crippen LogP contribution is 2.25. The number of likely N-dealkylation sites (N-methyl/N-ethyl adjacent to an activating group) is 1. The lowest BCUT2D eigenvalue weighted by Crippen LogP contribution is -2.35. The van der Waals surface area contributed by atoms with Gasteiger partial charge in [0.05, 0.1) is 4.90 Å². The fourth-order valence-corrected chi connectivity index (χ4v) is 4.83. The fraction of sp³-hybridized carbons (Fsp3) is 0.429. The van der Waals surface area contributed by atoms with Gasteiger partial charge in [-0.05, 0) is 43.5 Å². The van der Waals surface area contributed by atoms with Crippen LogP contribution in [0.25, 0.3) is 0 Å². The fourth-order valence-electron chi connectivity index (χ4n) is 3.28. The van der Waals surface area contributed by atoms with Crippen molar-refractivity contribution in [3.05, 3.63) is 42.2 Å². The highest BCUT2D eigenvalue weighted by Gasteiger charge is 2.26. The number of carbonyl (C=O) groups excluding carboxylic acids is 2. The second kappa shape index (κ2) is 10.5. The van der Waals surface area contributed by atoms with Crippen LogP contribution in [0.4, 0.5) is 11.6 Å². The van der Waals surface area contributed by atoms with Crippen LogP contribution in [0.5, 0.6) is 0 Å². The molecule has 1 aliphatic rings. The number of piperidine rings is 1. The molecule has 172 valence electrons. The number of anilines is 2. The summed E-state index contributed by atoms with van der Waals surface area (Å²) in [6.45, 7) is 2.13. The topological polar surface area (TPSA) is 122 Å². The first kappa shape index (κ1) is 23.6. The highest BCUT2D eigenvalue weighted by molar-refractivity contribution is 7.89. The van der Waals surface area contributed by atoms with E-state index in [0.29, 0.717) is 30.3 Å². The second-order valence-electron chi connectivity index (χ2n) is 7.56. The van der Waals surface area contributed by atoms with Crippen molar-refractivity contribution in [1.29, 1.82) is 0 Å². The minimum atomic E-state index is -3.62. The zero-order chi connectivity index (χ0) is 23.1. The molecule has 0 saturated carbocycles. The molecule has 1 N–H and O–H groups in total. The maximum Gasteiger partial charge on any atom is 0.326 e. The third-order valence-electron chi connectivity index (χ3n) is 5.06. The number of hydrogen-bond acceptors (Lipinski definition) is 8. The van der Waals surface area contributed by atoms with Crippen LogP contribution in [0.15, 0.2) is 41.6 Å². The van der Waals surface area contributed by atoms with Gasteiger partial charge in [0.15, 0.2) is 6.61 Å². The Morgan fingerprint density at radius 3 is 2.53 bits per heavy atom. The smallest absolute Gasteiger partial charge is 0.326 e. The Morgan fingerprint density at radius 1 is 1.16 bits per heavy atom. The standard InChI is InChI=1S/C21H27N5O5S/c1-16-7-8-17(32(29,30)26-11-4-3-5-12-26)13-18(16)24-19(27)15-31-20(28)14-25(2)21-22-9-6-10-23-21/h6-10,13H,3-5,11-12,14-15H2,1-2H3,(H,24,27). The number of rotatable bonds is 8. The van der Waals surface area contributed by atoms with E-state index in [-0.39, 0.29) is 11.4 Å². The van der Waals surface area contributed by atoms with Crippen LogP contribution < -0.4 is 10.2 Å². The summed E-state index contributed by atoms with van der Waals surface area (Å²) < 4.78 is 32.3. The molecule has 1 fully saturated rings. The number of aromatic nitrogens is 2. The number of esters is 1. The molecule has 32 heavy (non-hydrogen) atoms. The number of ether oxygens (including phenoxy) is 1. The molecular formula is C21H27N5O5S. The number of aryl methyl sites for hydroxylation is 1. The lowest BCUT2D eigenvalue weighted by molar-refractivity contribution is -0.145. The number of carbonyl (C=O) groups is 2. The largest absolute Gasteiger partial charge is 0.454 e. The van der Waals surface area contributed by atoms with Gasteiger partial charge in [0.25, 0.3) is 5.91 Å². The van der Waals surface area contributed by atoms with Crippen LogP contribution >= 0.6 is 0 Å². The van der Waals surface area contributed by atoms with Gasteiger partial charge >= 0.3 is 5.97 Å². The normalized spacial score (nSPS) is 14.6. The molecule has 2 aromatic rings. The van der Waals surface area contributed by atoms with E-state index in [4.69, 9.17) is 4.74 Å². The molecule has 0 radical (unpaired) electrons. The van der Waals surface area contributed by atoms with E-state index in [1.165, 1.54) is 21.3 Å². The van der Waals surface area contributed by atoms with Crippen LogP contribution in [-0.2, 0) is 24.3 Å². The van der Waals surface area contributed by atoms with Gasteiger partial charge in [-0.15, -0.1) is 0 Å². The van der Waals surface area contributed by atoms with Crippen LogP contribution in [0.2, 0.25) is 0 Å². The molecule has 1 aliphatic heterocycles. The Hall–Kier alpha value is -3.05. The molecule has 1 saturated heterocycles. The summed E-state index contributed by atoms with van der Waals surface area (Å²) >= 11 is 0. The number of hydrogen-bond donors (Lipinski definition) is 1. The number of nitrogens with one attached hydrogen (secondary N) is 1. The molecule has 11 heteroatoms. The van der Waals surface area contributed by atoms with Crippen molar-refractivity contribution in [3.8, 4) is 0 Å². The molecule has 1 amide bonds. The lowest BCUT2D eigenvalue weighted by atomic mass is 10.2. The van der Waals surface area contributed by atoms with E-state index in [0.717, 1.165) is 19.3 Å². The van der Waals surface area contributed by atoms with Gasteiger partial charge in [0.2, 0.25) is 16.0 Å². The van der Waals surface area contributed by atoms with Crippen molar-refractivity contribution >= 4 is 33.5 Å². The van der Waals surface area contributed by atoms with Crippen molar-refractivity contribution in [2.45, 2.75) is 31.1 Å². The van der Waals surface area contributed by atoms with Gasteiger partial charge in [-0.25, -0.2) is 18.4 Å². The van der Waals surface area contributed by atoms with Gasteiger partial charge in [-0.3, -0.25) is 9.59 Å². The second-order valence-corrected chi connectivity index (χ2v) is 9.49. The van der Waals surface area contributed by atoms with Crippen LogP contribution in [-0.4, -0.2) is 67.9 Å². The predicted octanol–water partition coefficient (Wildman–Crippen LogP) is 1.58. The molecule has 3 rings (SSSR count). The van der Waals surface area contributed by atoms with E-state index < -0.39 is 28.5 Å². The molecule has 1 aromatic carbocycles. The molecule has 0 spiro atoms. The lowest BCUT2D eigenvalue weighted by Gasteiger charge is -2.26. The summed E-state index contributed by atoms with van der Waals surface area (Å²) in [6.07, 6.45) is 5.81. The minimum Gasteiger partial charge on any atom is -0.454 e. The van der Waals surface area contributed by atoms with Gasteiger partial charge in [-0.2, -0.15) is 4.31 Å². The molecule has 2 heterocycles. The van der Waals surface area contributed by atoms with Crippen molar-refractivity contribution in [2.75, 3.05) is 43.5 Å². The molecular weight excluding hydrogens is 434 g/mol. The number of nitrogens with zero attached hydrogens (tertiary/aromatic N) is 4. The molecule has 0 atom stereocenters. The summed E-state index contributed by atoms with van der Waals surface area (Å²) in [5.74, 6) is -0.822. The molecule has 0 aliphatic carbocycles. The first-order valence-electron chi connectivity index (χ1n) is 10.3. The quantitative estimate of drug-likeness (QED) is 0.588. The van der Waals surface area contributed by atoms with Crippen LogP contribution in [0.3, 0.4) is 0 Å².